The Morgan fingerprint density at radius 1 is 1.23 bits per heavy atom. The van der Waals surface area contributed by atoms with Crippen molar-refractivity contribution in [1.82, 2.24) is 14.3 Å². The first-order valence-corrected chi connectivity index (χ1v) is 5.72. The Kier molecular flexibility index (Phi) is 2.71. The van der Waals surface area contributed by atoms with Gasteiger partial charge in [-0.25, -0.2) is 4.98 Å². The lowest BCUT2D eigenvalue weighted by Gasteiger charge is -1.93. The van der Waals surface area contributed by atoms with Crippen molar-refractivity contribution < 1.29 is 0 Å². The predicted molar refractivity (Wildman–Crippen MR) is 58.5 cm³/mol. The molecule has 0 bridgehead atoms. The van der Waals surface area contributed by atoms with Gasteiger partial charge in [-0.05, 0) is 49.5 Å². The van der Waals surface area contributed by atoms with E-state index in [1.807, 2.05) is 6.07 Å². The molecule has 66 valence electrons. The van der Waals surface area contributed by atoms with Crippen molar-refractivity contribution in [1.29, 1.82) is 0 Å². The van der Waals surface area contributed by atoms with Crippen LogP contribution in [0.25, 0.3) is 10.6 Å². The van der Waals surface area contributed by atoms with E-state index in [0.29, 0.717) is 4.73 Å². The van der Waals surface area contributed by atoms with E-state index in [2.05, 4.69) is 46.2 Å². The smallest absolute Gasteiger partial charge is 0.209 e. The van der Waals surface area contributed by atoms with Gasteiger partial charge < -0.3 is 0 Å². The molecule has 0 atom stereocenters. The SMILES string of the molecule is Brc1cncc(-c2nc(Br)ns2)c1. The van der Waals surface area contributed by atoms with Gasteiger partial charge in [-0.1, -0.05) is 0 Å². The minimum Gasteiger partial charge on any atom is -0.263 e. The summed E-state index contributed by atoms with van der Waals surface area (Å²) in [6.07, 6.45) is 3.50. The van der Waals surface area contributed by atoms with Gasteiger partial charge in [0.25, 0.3) is 0 Å². The molecule has 0 aliphatic heterocycles. The van der Waals surface area contributed by atoms with Gasteiger partial charge in [-0.15, -0.1) is 0 Å². The molecule has 0 aliphatic rings. The molecule has 2 heterocycles. The minimum atomic E-state index is 0.618. The Balaban J connectivity index is 2.46. The maximum atomic E-state index is 4.19. The van der Waals surface area contributed by atoms with Crippen molar-refractivity contribution in [2.75, 3.05) is 0 Å². The average molecular weight is 321 g/mol. The van der Waals surface area contributed by atoms with Gasteiger partial charge in [0, 0.05) is 22.4 Å². The van der Waals surface area contributed by atoms with E-state index in [1.54, 1.807) is 12.4 Å². The Bertz CT molecular complexity index is 429. The van der Waals surface area contributed by atoms with Gasteiger partial charge in [-0.3, -0.25) is 4.98 Å². The number of nitrogens with zero attached hydrogens (tertiary/aromatic N) is 3. The molecule has 0 amide bonds. The summed E-state index contributed by atoms with van der Waals surface area (Å²) < 4.78 is 5.59. The molecule has 6 heteroatoms. The summed E-state index contributed by atoms with van der Waals surface area (Å²) in [4.78, 5) is 8.23. The summed E-state index contributed by atoms with van der Waals surface area (Å²) in [6.45, 7) is 0. The molecule has 2 aromatic heterocycles. The van der Waals surface area contributed by atoms with Crippen molar-refractivity contribution in [2.45, 2.75) is 0 Å². The van der Waals surface area contributed by atoms with E-state index in [-0.39, 0.29) is 0 Å². The molecule has 0 unspecified atom stereocenters. The van der Waals surface area contributed by atoms with Gasteiger partial charge in [0.1, 0.15) is 5.01 Å². The highest BCUT2D eigenvalue weighted by atomic mass is 79.9. The second-order valence-electron chi connectivity index (χ2n) is 2.26. The standard InChI is InChI=1S/C7H3Br2N3S/c8-5-1-4(2-10-3-5)6-11-7(9)12-13-6/h1-3H. The van der Waals surface area contributed by atoms with E-state index < -0.39 is 0 Å². The lowest BCUT2D eigenvalue weighted by Crippen LogP contribution is -1.78. The van der Waals surface area contributed by atoms with Crippen LogP contribution in [-0.4, -0.2) is 14.3 Å². The monoisotopic (exact) mass is 319 g/mol. The van der Waals surface area contributed by atoms with Crippen LogP contribution in [0.4, 0.5) is 0 Å². The third kappa shape index (κ3) is 2.12. The van der Waals surface area contributed by atoms with Crippen LogP contribution < -0.4 is 0 Å². The molecule has 2 aromatic rings. The fourth-order valence-corrected chi connectivity index (χ4v) is 2.28. The van der Waals surface area contributed by atoms with E-state index >= 15 is 0 Å². The molecule has 0 fully saturated rings. The zero-order valence-electron chi connectivity index (χ0n) is 6.24. The molecular formula is C7H3Br2N3S. The Hall–Kier alpha value is -0.330. The van der Waals surface area contributed by atoms with E-state index in [1.165, 1.54) is 11.5 Å². The number of halogens is 2. The Morgan fingerprint density at radius 3 is 2.69 bits per heavy atom. The molecule has 3 nitrogen and oxygen atoms in total. The van der Waals surface area contributed by atoms with Gasteiger partial charge in [0.15, 0.2) is 0 Å². The normalized spacial score (nSPS) is 10.3. The van der Waals surface area contributed by atoms with Crippen LogP contribution >= 0.6 is 43.4 Å². The minimum absolute atomic E-state index is 0.618. The van der Waals surface area contributed by atoms with Crippen LogP contribution in [0, 0.1) is 0 Å². The maximum Gasteiger partial charge on any atom is 0.209 e. The van der Waals surface area contributed by atoms with Crippen LogP contribution in [0.15, 0.2) is 27.7 Å². The average Bonchev–Trinajstić information content (AvgIpc) is 2.52. The summed E-state index contributed by atoms with van der Waals surface area (Å²) in [6, 6.07) is 1.96. The van der Waals surface area contributed by atoms with Crippen LogP contribution in [0.2, 0.25) is 0 Å². The van der Waals surface area contributed by atoms with Gasteiger partial charge in [0.2, 0.25) is 4.73 Å². The van der Waals surface area contributed by atoms with Crippen LogP contribution in [0.5, 0.6) is 0 Å². The molecule has 13 heavy (non-hydrogen) atoms. The van der Waals surface area contributed by atoms with Gasteiger partial charge >= 0.3 is 0 Å². The molecule has 0 aromatic carbocycles. The summed E-state index contributed by atoms with van der Waals surface area (Å²) in [5, 5.41) is 0.862. The molecule has 0 saturated heterocycles. The number of pyridine rings is 1. The molecule has 0 saturated carbocycles. The van der Waals surface area contributed by atoms with Crippen molar-refractivity contribution in [3.63, 3.8) is 0 Å². The van der Waals surface area contributed by atoms with Crippen LogP contribution in [0.3, 0.4) is 0 Å². The number of hydrogen-bond donors (Lipinski definition) is 0. The summed E-state index contributed by atoms with van der Waals surface area (Å²) in [7, 11) is 0. The molecule has 0 radical (unpaired) electrons. The lowest BCUT2D eigenvalue weighted by atomic mass is 10.3. The summed E-state index contributed by atoms with van der Waals surface area (Å²) >= 11 is 7.89. The maximum absolute atomic E-state index is 4.19. The van der Waals surface area contributed by atoms with E-state index in [4.69, 9.17) is 0 Å². The third-order valence-electron chi connectivity index (χ3n) is 1.35. The molecule has 2 rings (SSSR count). The summed E-state index contributed by atoms with van der Waals surface area (Å²) in [5.41, 5.74) is 0.970. The predicted octanol–water partition coefficient (Wildman–Crippen LogP) is 3.13. The Labute approximate surface area is 95.7 Å². The molecular weight excluding hydrogens is 318 g/mol. The van der Waals surface area contributed by atoms with Crippen molar-refractivity contribution in [3.05, 3.63) is 27.7 Å². The van der Waals surface area contributed by atoms with Crippen LogP contribution in [0.1, 0.15) is 0 Å². The highest BCUT2D eigenvalue weighted by Crippen LogP contribution is 2.24. The third-order valence-corrected chi connectivity index (χ3v) is 3.14. The van der Waals surface area contributed by atoms with Crippen molar-refractivity contribution >= 4 is 43.4 Å². The molecule has 0 aliphatic carbocycles. The zero-order chi connectivity index (χ0) is 9.26. The number of hydrogen-bond acceptors (Lipinski definition) is 4. The topological polar surface area (TPSA) is 38.7 Å². The quantitative estimate of drug-likeness (QED) is 0.810. The number of aromatic nitrogens is 3. The van der Waals surface area contributed by atoms with E-state index in [9.17, 15) is 0 Å². The first kappa shape index (κ1) is 9.23. The molecule has 0 spiro atoms. The second kappa shape index (κ2) is 3.81. The zero-order valence-corrected chi connectivity index (χ0v) is 10.2. The van der Waals surface area contributed by atoms with Crippen molar-refractivity contribution in [3.8, 4) is 10.6 Å². The Morgan fingerprint density at radius 2 is 2.08 bits per heavy atom. The largest absolute Gasteiger partial charge is 0.263 e. The lowest BCUT2D eigenvalue weighted by molar-refractivity contribution is 1.24. The second-order valence-corrected chi connectivity index (χ2v) is 4.64. The highest BCUT2D eigenvalue weighted by Gasteiger charge is 2.04. The molecule has 0 N–H and O–H groups in total. The van der Waals surface area contributed by atoms with Crippen LogP contribution in [-0.2, 0) is 0 Å². The fourth-order valence-electron chi connectivity index (χ4n) is 0.852. The van der Waals surface area contributed by atoms with Crippen molar-refractivity contribution in [2.24, 2.45) is 0 Å². The number of rotatable bonds is 1. The van der Waals surface area contributed by atoms with E-state index in [0.717, 1.165) is 15.0 Å². The highest BCUT2D eigenvalue weighted by molar-refractivity contribution is 9.10. The first-order chi connectivity index (χ1) is 6.25. The van der Waals surface area contributed by atoms with Gasteiger partial charge in [-0.2, -0.15) is 4.37 Å². The first-order valence-electron chi connectivity index (χ1n) is 3.36. The van der Waals surface area contributed by atoms with Gasteiger partial charge in [0.05, 0.1) is 0 Å². The summed E-state index contributed by atoms with van der Waals surface area (Å²) in [5.74, 6) is 0. The fraction of sp³-hybridized carbons (Fsp3) is 0.